The predicted molar refractivity (Wildman–Crippen MR) is 93.9 cm³/mol. The van der Waals surface area contributed by atoms with Gasteiger partial charge in [0.2, 0.25) is 15.8 Å². The number of nitrogens with one attached hydrogen (secondary N) is 1. The molecule has 0 fully saturated rings. The summed E-state index contributed by atoms with van der Waals surface area (Å²) in [6, 6.07) is 10.8. The topological polar surface area (TPSA) is 85.6 Å². The number of benzene rings is 2. The highest BCUT2D eigenvalue weighted by Crippen LogP contribution is 2.27. The molecule has 8 heteroatoms. The molecule has 6 nitrogen and oxygen atoms in total. The van der Waals surface area contributed by atoms with Gasteiger partial charge in [0.1, 0.15) is 16.2 Å². The van der Waals surface area contributed by atoms with Crippen molar-refractivity contribution in [3.8, 4) is 5.75 Å². The molecule has 1 aromatic heterocycles. The molecular weight excluding hydrogens is 366 g/mol. The number of ketones is 1. The molecule has 1 heterocycles. The Bertz CT molecular complexity index is 1070. The third kappa shape index (κ3) is 3.26. The molecule has 0 unspecified atom stereocenters. The molecule has 0 aliphatic rings. The van der Waals surface area contributed by atoms with Gasteiger partial charge in [-0.25, -0.2) is 13.1 Å². The van der Waals surface area contributed by atoms with Crippen molar-refractivity contribution in [1.82, 2.24) is 4.72 Å². The minimum absolute atomic E-state index is 0.0280. The van der Waals surface area contributed by atoms with E-state index in [0.29, 0.717) is 11.3 Å². The summed E-state index contributed by atoms with van der Waals surface area (Å²) in [4.78, 5) is 12.5. The predicted octanol–water partition coefficient (Wildman–Crippen LogP) is 3.23. The number of methoxy groups -OCH3 is 1. The van der Waals surface area contributed by atoms with Crippen LogP contribution < -0.4 is 9.46 Å². The third-order valence-electron chi connectivity index (χ3n) is 3.70. The van der Waals surface area contributed by atoms with E-state index in [0.717, 1.165) is 5.39 Å². The fourth-order valence-corrected chi connectivity index (χ4v) is 3.60. The first-order valence-corrected chi connectivity index (χ1v) is 9.07. The lowest BCUT2D eigenvalue weighted by molar-refractivity contribution is 0.101. The van der Waals surface area contributed by atoms with Gasteiger partial charge in [-0.2, -0.15) is 0 Å². The standard InChI is InChI=1S/C17H14ClNO5S/c1-19-25(21,22)16-8-11(4-6-13(16)18)17(20)15-7-10-3-5-12(23-2)9-14(10)24-15/h3-9,19H,1-2H3. The van der Waals surface area contributed by atoms with E-state index in [9.17, 15) is 13.2 Å². The Kier molecular flexibility index (Phi) is 4.55. The average molecular weight is 380 g/mol. The van der Waals surface area contributed by atoms with Gasteiger partial charge >= 0.3 is 0 Å². The maximum Gasteiger partial charge on any atom is 0.241 e. The van der Waals surface area contributed by atoms with Crippen molar-refractivity contribution >= 4 is 38.4 Å². The van der Waals surface area contributed by atoms with Crippen LogP contribution in [-0.2, 0) is 10.0 Å². The zero-order valence-corrected chi connectivity index (χ0v) is 14.9. The number of furan rings is 1. The van der Waals surface area contributed by atoms with Gasteiger partial charge in [-0.3, -0.25) is 4.79 Å². The van der Waals surface area contributed by atoms with Crippen LogP contribution in [0.3, 0.4) is 0 Å². The molecule has 25 heavy (non-hydrogen) atoms. The molecule has 0 amide bonds. The Morgan fingerprint density at radius 3 is 2.60 bits per heavy atom. The number of rotatable bonds is 5. The van der Waals surface area contributed by atoms with Gasteiger partial charge in [0.15, 0.2) is 5.76 Å². The van der Waals surface area contributed by atoms with E-state index in [4.69, 9.17) is 20.8 Å². The third-order valence-corrected chi connectivity index (χ3v) is 5.60. The summed E-state index contributed by atoms with van der Waals surface area (Å²) in [5.74, 6) is 0.257. The molecule has 0 radical (unpaired) electrons. The van der Waals surface area contributed by atoms with E-state index >= 15 is 0 Å². The summed E-state index contributed by atoms with van der Waals surface area (Å²) in [6.45, 7) is 0. The zero-order chi connectivity index (χ0) is 18.2. The highest BCUT2D eigenvalue weighted by atomic mass is 35.5. The lowest BCUT2D eigenvalue weighted by Crippen LogP contribution is -2.19. The van der Waals surface area contributed by atoms with Gasteiger partial charge in [-0.05, 0) is 43.4 Å². The molecule has 3 aromatic rings. The number of sulfonamides is 1. The summed E-state index contributed by atoms with van der Waals surface area (Å²) < 4.78 is 36.9. The molecule has 1 N–H and O–H groups in total. The van der Waals surface area contributed by atoms with Crippen LogP contribution >= 0.6 is 11.6 Å². The number of ether oxygens (including phenoxy) is 1. The van der Waals surface area contributed by atoms with E-state index in [1.807, 2.05) is 0 Å². The highest BCUT2D eigenvalue weighted by Gasteiger charge is 2.21. The van der Waals surface area contributed by atoms with Crippen LogP contribution in [0.1, 0.15) is 16.1 Å². The van der Waals surface area contributed by atoms with Crippen LogP contribution in [0, 0.1) is 0 Å². The molecule has 0 saturated carbocycles. The van der Waals surface area contributed by atoms with Crippen LogP contribution in [-0.4, -0.2) is 28.4 Å². The normalized spacial score (nSPS) is 11.6. The monoisotopic (exact) mass is 379 g/mol. The second-order valence-electron chi connectivity index (χ2n) is 5.20. The van der Waals surface area contributed by atoms with Gasteiger partial charge < -0.3 is 9.15 Å². The second kappa shape index (κ2) is 6.51. The summed E-state index contributed by atoms with van der Waals surface area (Å²) in [6.07, 6.45) is 0. The van der Waals surface area contributed by atoms with Gasteiger partial charge in [-0.1, -0.05) is 11.6 Å². The summed E-state index contributed by atoms with van der Waals surface area (Å²) in [7, 11) is -0.976. The fourth-order valence-electron chi connectivity index (χ4n) is 2.35. The van der Waals surface area contributed by atoms with E-state index in [2.05, 4.69) is 4.72 Å². The Balaban J connectivity index is 2.05. The molecule has 0 atom stereocenters. The van der Waals surface area contributed by atoms with E-state index in [-0.39, 0.29) is 21.2 Å². The molecule has 0 aliphatic carbocycles. The van der Waals surface area contributed by atoms with E-state index in [1.54, 1.807) is 24.3 Å². The van der Waals surface area contributed by atoms with Crippen molar-refractivity contribution in [3.63, 3.8) is 0 Å². The lowest BCUT2D eigenvalue weighted by atomic mass is 10.1. The smallest absolute Gasteiger partial charge is 0.241 e. The number of carbonyl (C=O) groups excluding carboxylic acids is 1. The molecule has 0 spiro atoms. The Hall–Kier alpha value is -2.35. The zero-order valence-electron chi connectivity index (χ0n) is 13.4. The molecule has 0 saturated heterocycles. The van der Waals surface area contributed by atoms with Crippen molar-refractivity contribution in [2.75, 3.05) is 14.2 Å². The van der Waals surface area contributed by atoms with Gasteiger partial charge in [0, 0.05) is 17.0 Å². The van der Waals surface area contributed by atoms with Gasteiger partial charge in [-0.15, -0.1) is 0 Å². The van der Waals surface area contributed by atoms with Crippen LogP contribution in [0.5, 0.6) is 5.75 Å². The quantitative estimate of drug-likeness (QED) is 0.688. The van der Waals surface area contributed by atoms with E-state index < -0.39 is 15.8 Å². The first kappa shape index (κ1) is 17.5. The maximum absolute atomic E-state index is 12.7. The Morgan fingerprint density at radius 2 is 1.92 bits per heavy atom. The molecule has 130 valence electrons. The molecule has 2 aromatic carbocycles. The van der Waals surface area contributed by atoms with Crippen LogP contribution in [0.15, 0.2) is 51.8 Å². The van der Waals surface area contributed by atoms with Crippen molar-refractivity contribution in [3.05, 3.63) is 58.8 Å². The maximum atomic E-state index is 12.7. The van der Waals surface area contributed by atoms with Crippen molar-refractivity contribution in [2.45, 2.75) is 4.90 Å². The number of fused-ring (bicyclic) bond motifs is 1. The molecule has 3 rings (SSSR count). The van der Waals surface area contributed by atoms with Crippen LogP contribution in [0.4, 0.5) is 0 Å². The number of hydrogen-bond acceptors (Lipinski definition) is 5. The summed E-state index contributed by atoms with van der Waals surface area (Å²) in [5, 5.41) is 0.765. The van der Waals surface area contributed by atoms with Gasteiger partial charge in [0.05, 0.1) is 12.1 Å². The number of halogens is 1. The largest absolute Gasteiger partial charge is 0.497 e. The highest BCUT2D eigenvalue weighted by molar-refractivity contribution is 7.89. The number of carbonyl (C=O) groups is 1. The van der Waals surface area contributed by atoms with Crippen molar-refractivity contribution < 1.29 is 22.4 Å². The Labute approximate surface area is 149 Å². The minimum atomic E-state index is -3.78. The second-order valence-corrected chi connectivity index (χ2v) is 7.46. The molecule has 0 bridgehead atoms. The minimum Gasteiger partial charge on any atom is -0.497 e. The molecular formula is C17H14ClNO5S. The average Bonchev–Trinajstić information content (AvgIpc) is 3.04. The summed E-state index contributed by atoms with van der Waals surface area (Å²) in [5.41, 5.74) is 0.656. The number of hydrogen-bond donors (Lipinski definition) is 1. The lowest BCUT2D eigenvalue weighted by Gasteiger charge is -2.06. The summed E-state index contributed by atoms with van der Waals surface area (Å²) >= 11 is 5.94. The van der Waals surface area contributed by atoms with Gasteiger partial charge in [0.25, 0.3) is 0 Å². The fraction of sp³-hybridized carbons (Fsp3) is 0.118. The van der Waals surface area contributed by atoms with Crippen molar-refractivity contribution in [1.29, 1.82) is 0 Å². The first-order valence-electron chi connectivity index (χ1n) is 7.21. The SMILES string of the molecule is CNS(=O)(=O)c1cc(C(=O)c2cc3ccc(OC)cc3o2)ccc1Cl. The van der Waals surface area contributed by atoms with Crippen molar-refractivity contribution in [2.24, 2.45) is 0 Å². The molecule has 0 aliphatic heterocycles. The van der Waals surface area contributed by atoms with Crippen LogP contribution in [0.2, 0.25) is 5.02 Å². The van der Waals surface area contributed by atoms with Crippen LogP contribution in [0.25, 0.3) is 11.0 Å². The Morgan fingerprint density at radius 1 is 1.16 bits per heavy atom. The first-order chi connectivity index (χ1) is 11.9. The van der Waals surface area contributed by atoms with E-state index in [1.165, 1.54) is 32.4 Å².